The molecule has 1 atom stereocenters. The molecule has 4 nitrogen and oxygen atoms in total. The fourth-order valence-electron chi connectivity index (χ4n) is 3.68. The summed E-state index contributed by atoms with van der Waals surface area (Å²) in [5, 5.41) is 9.73. The zero-order valence-electron chi connectivity index (χ0n) is 12.4. The van der Waals surface area contributed by atoms with Crippen molar-refractivity contribution in [3.05, 3.63) is 0 Å². The summed E-state index contributed by atoms with van der Waals surface area (Å²) >= 11 is 0. The number of hydrogen-bond acceptors (Lipinski definition) is 3. The average Bonchev–Trinajstić information content (AvgIpc) is 2.85. The second kappa shape index (κ2) is 6.71. The highest BCUT2D eigenvalue weighted by Crippen LogP contribution is 2.42. The first kappa shape index (κ1) is 14.8. The Labute approximate surface area is 117 Å². The number of carbonyl (C=O) groups excluding carboxylic acids is 1. The van der Waals surface area contributed by atoms with Crippen LogP contribution in [0.2, 0.25) is 0 Å². The Bertz CT molecular complexity index is 292. The lowest BCUT2D eigenvalue weighted by molar-refractivity contribution is -0.123. The van der Waals surface area contributed by atoms with Crippen LogP contribution in [0.15, 0.2) is 0 Å². The van der Waals surface area contributed by atoms with Gasteiger partial charge in [0.05, 0.1) is 6.04 Å². The lowest BCUT2D eigenvalue weighted by Crippen LogP contribution is -2.56. The van der Waals surface area contributed by atoms with Gasteiger partial charge in [-0.25, -0.2) is 0 Å². The van der Waals surface area contributed by atoms with E-state index < -0.39 is 0 Å². The molecule has 1 saturated heterocycles. The minimum absolute atomic E-state index is 0.0498. The molecule has 2 fully saturated rings. The van der Waals surface area contributed by atoms with Crippen LogP contribution < -0.4 is 16.0 Å². The smallest absolute Gasteiger partial charge is 0.238 e. The van der Waals surface area contributed by atoms with Crippen molar-refractivity contribution in [1.29, 1.82) is 0 Å². The fourth-order valence-corrected chi connectivity index (χ4v) is 3.68. The van der Waals surface area contributed by atoms with Gasteiger partial charge in [0.1, 0.15) is 0 Å². The number of carbonyl (C=O) groups is 1. The summed E-state index contributed by atoms with van der Waals surface area (Å²) in [5.74, 6) is 0.881. The number of rotatable bonds is 5. The molecule has 1 amide bonds. The Hall–Kier alpha value is -0.610. The van der Waals surface area contributed by atoms with Crippen molar-refractivity contribution in [1.82, 2.24) is 16.0 Å². The van der Waals surface area contributed by atoms with Crippen LogP contribution in [0.5, 0.6) is 0 Å². The van der Waals surface area contributed by atoms with Crippen LogP contribution >= 0.6 is 0 Å². The van der Waals surface area contributed by atoms with Crippen LogP contribution in [0, 0.1) is 11.3 Å². The molecule has 1 heterocycles. The van der Waals surface area contributed by atoms with Gasteiger partial charge in [0.2, 0.25) is 5.91 Å². The van der Waals surface area contributed by atoms with E-state index in [2.05, 4.69) is 29.8 Å². The zero-order valence-corrected chi connectivity index (χ0v) is 12.4. The monoisotopic (exact) mass is 267 g/mol. The summed E-state index contributed by atoms with van der Waals surface area (Å²) in [5.41, 5.74) is 0.367. The lowest BCUT2D eigenvalue weighted by Gasteiger charge is -2.32. The number of hydrogen-bond donors (Lipinski definition) is 3. The Morgan fingerprint density at radius 2 is 2.05 bits per heavy atom. The predicted molar refractivity (Wildman–Crippen MR) is 78.0 cm³/mol. The van der Waals surface area contributed by atoms with Crippen LogP contribution in [0.25, 0.3) is 0 Å². The van der Waals surface area contributed by atoms with E-state index in [0.717, 1.165) is 26.2 Å². The Morgan fingerprint density at radius 1 is 1.32 bits per heavy atom. The van der Waals surface area contributed by atoms with Gasteiger partial charge in [-0.1, -0.05) is 26.7 Å². The number of piperazine rings is 1. The first-order chi connectivity index (χ1) is 9.11. The molecule has 0 spiro atoms. The number of nitrogens with one attached hydrogen (secondary N) is 3. The van der Waals surface area contributed by atoms with Gasteiger partial charge in [0.25, 0.3) is 0 Å². The Kier molecular flexibility index (Phi) is 5.22. The van der Waals surface area contributed by atoms with Crippen molar-refractivity contribution in [2.75, 3.05) is 26.2 Å². The Morgan fingerprint density at radius 3 is 2.63 bits per heavy atom. The van der Waals surface area contributed by atoms with Crippen molar-refractivity contribution >= 4 is 5.91 Å². The first-order valence-electron chi connectivity index (χ1n) is 7.83. The molecule has 0 aromatic rings. The van der Waals surface area contributed by atoms with Crippen molar-refractivity contribution in [3.63, 3.8) is 0 Å². The maximum atomic E-state index is 12.2. The minimum Gasteiger partial charge on any atom is -0.354 e. The molecular formula is C15H29N3O. The van der Waals surface area contributed by atoms with Crippen LogP contribution in [-0.4, -0.2) is 38.1 Å². The van der Waals surface area contributed by atoms with Crippen molar-refractivity contribution in [2.24, 2.45) is 11.3 Å². The average molecular weight is 267 g/mol. The molecule has 1 aliphatic heterocycles. The lowest BCUT2D eigenvalue weighted by atomic mass is 9.78. The van der Waals surface area contributed by atoms with E-state index in [1.807, 2.05) is 0 Å². The molecule has 1 unspecified atom stereocenters. The highest BCUT2D eigenvalue weighted by molar-refractivity contribution is 5.82. The zero-order chi connectivity index (χ0) is 13.7. The second-order valence-electron chi connectivity index (χ2n) is 6.73. The molecule has 2 rings (SSSR count). The molecule has 1 saturated carbocycles. The summed E-state index contributed by atoms with van der Waals surface area (Å²) in [6.07, 6.45) is 6.45. The second-order valence-corrected chi connectivity index (χ2v) is 6.73. The fraction of sp³-hybridized carbons (Fsp3) is 0.933. The Balaban J connectivity index is 1.82. The molecule has 110 valence electrons. The van der Waals surface area contributed by atoms with Crippen LogP contribution in [0.1, 0.15) is 46.0 Å². The highest BCUT2D eigenvalue weighted by Gasteiger charge is 2.35. The third kappa shape index (κ3) is 4.18. The van der Waals surface area contributed by atoms with Crippen LogP contribution in [0.3, 0.4) is 0 Å². The molecule has 19 heavy (non-hydrogen) atoms. The molecule has 4 heteroatoms. The van der Waals surface area contributed by atoms with Gasteiger partial charge in [-0.15, -0.1) is 0 Å². The standard InChI is InChI=1S/C15H29N3O/c1-12(2)9-15(5-3-4-6-15)11-18-14(19)13-10-16-7-8-17-13/h12-13,16-17H,3-11H2,1-2H3,(H,18,19). The summed E-state index contributed by atoms with van der Waals surface area (Å²) in [6, 6.07) is -0.0498. The summed E-state index contributed by atoms with van der Waals surface area (Å²) in [6.45, 7) is 8.03. The predicted octanol–water partition coefficient (Wildman–Crippen LogP) is 1.27. The first-order valence-corrected chi connectivity index (χ1v) is 7.83. The van der Waals surface area contributed by atoms with Gasteiger partial charge in [0, 0.05) is 26.2 Å². The normalized spacial score (nSPS) is 26.6. The van der Waals surface area contributed by atoms with Crippen LogP contribution in [0.4, 0.5) is 0 Å². The molecule has 1 aliphatic carbocycles. The molecule has 3 N–H and O–H groups in total. The van der Waals surface area contributed by atoms with Crippen molar-refractivity contribution < 1.29 is 4.79 Å². The van der Waals surface area contributed by atoms with Gasteiger partial charge in [-0.3, -0.25) is 4.79 Å². The van der Waals surface area contributed by atoms with Crippen molar-refractivity contribution in [2.45, 2.75) is 52.0 Å². The summed E-state index contributed by atoms with van der Waals surface area (Å²) in [7, 11) is 0. The largest absolute Gasteiger partial charge is 0.354 e. The van der Waals surface area contributed by atoms with Gasteiger partial charge in [-0.05, 0) is 30.6 Å². The highest BCUT2D eigenvalue weighted by atomic mass is 16.2. The molecule has 2 aliphatic rings. The molecule has 0 aromatic carbocycles. The van der Waals surface area contributed by atoms with Crippen LogP contribution in [-0.2, 0) is 4.79 Å². The van der Waals surface area contributed by atoms with E-state index >= 15 is 0 Å². The maximum Gasteiger partial charge on any atom is 0.238 e. The molecule has 0 aromatic heterocycles. The van der Waals surface area contributed by atoms with Crippen molar-refractivity contribution in [3.8, 4) is 0 Å². The minimum atomic E-state index is -0.0498. The molecule has 0 bridgehead atoms. The van der Waals surface area contributed by atoms with Gasteiger partial charge in [0.15, 0.2) is 0 Å². The molecule has 0 radical (unpaired) electrons. The van der Waals surface area contributed by atoms with E-state index in [9.17, 15) is 4.79 Å². The maximum absolute atomic E-state index is 12.2. The van der Waals surface area contributed by atoms with E-state index in [1.54, 1.807) is 0 Å². The quantitative estimate of drug-likeness (QED) is 0.703. The van der Waals surface area contributed by atoms with E-state index in [4.69, 9.17) is 0 Å². The van der Waals surface area contributed by atoms with E-state index in [0.29, 0.717) is 11.3 Å². The topological polar surface area (TPSA) is 53.2 Å². The summed E-state index contributed by atoms with van der Waals surface area (Å²) in [4.78, 5) is 12.2. The van der Waals surface area contributed by atoms with Gasteiger partial charge in [-0.2, -0.15) is 0 Å². The summed E-state index contributed by atoms with van der Waals surface area (Å²) < 4.78 is 0. The third-order valence-corrected chi connectivity index (χ3v) is 4.50. The van der Waals surface area contributed by atoms with E-state index in [1.165, 1.54) is 32.1 Å². The van der Waals surface area contributed by atoms with Gasteiger partial charge >= 0.3 is 0 Å². The van der Waals surface area contributed by atoms with Gasteiger partial charge < -0.3 is 16.0 Å². The number of amides is 1. The third-order valence-electron chi connectivity index (χ3n) is 4.50. The molecular weight excluding hydrogens is 238 g/mol. The van der Waals surface area contributed by atoms with E-state index in [-0.39, 0.29) is 11.9 Å². The SMILES string of the molecule is CC(C)CC1(CNC(=O)C2CNCCN2)CCCC1.